The van der Waals surface area contributed by atoms with Gasteiger partial charge < -0.3 is 9.84 Å². The Balaban J connectivity index is 2.06. The molecule has 2 aromatic carbocycles. The second-order valence-electron chi connectivity index (χ2n) is 6.37. The average Bonchev–Trinajstić information content (AvgIpc) is 2.73. The number of carbonyl (C=O) groups excluding carboxylic acids is 3. The third-order valence-electron chi connectivity index (χ3n) is 4.37. The van der Waals surface area contributed by atoms with Crippen molar-refractivity contribution in [3.05, 3.63) is 82.7 Å². The largest absolute Gasteiger partial charge is 0.506 e. The Morgan fingerprint density at radius 1 is 1.00 bits per heavy atom. The van der Waals surface area contributed by atoms with Crippen LogP contribution in [-0.2, 0) is 14.3 Å². The molecule has 3 aromatic rings. The van der Waals surface area contributed by atoms with E-state index in [0.29, 0.717) is 16.6 Å². The quantitative estimate of drug-likeness (QED) is 0.281. The maximum absolute atomic E-state index is 13.2. The molecule has 0 spiro atoms. The van der Waals surface area contributed by atoms with Gasteiger partial charge in [0, 0.05) is 17.1 Å². The van der Waals surface area contributed by atoms with Crippen molar-refractivity contribution >= 4 is 28.4 Å². The van der Waals surface area contributed by atoms with E-state index in [0.717, 1.165) is 12.2 Å². The van der Waals surface area contributed by atoms with Gasteiger partial charge in [-0.25, -0.2) is 4.79 Å². The van der Waals surface area contributed by atoms with Crippen molar-refractivity contribution in [2.24, 2.45) is 0 Å². The minimum Gasteiger partial charge on any atom is -0.506 e. The van der Waals surface area contributed by atoms with Gasteiger partial charge in [-0.1, -0.05) is 30.3 Å². The third kappa shape index (κ3) is 4.20. The highest BCUT2D eigenvalue weighted by Gasteiger charge is 2.23. The zero-order chi connectivity index (χ0) is 21.7. The second kappa shape index (κ2) is 9.00. The number of Topliss-reactive ketones (excluding diaryl/α,β-unsaturated/α-hetero) is 1. The van der Waals surface area contributed by atoms with Crippen LogP contribution in [0.1, 0.15) is 23.7 Å². The molecule has 30 heavy (non-hydrogen) atoms. The van der Waals surface area contributed by atoms with Crippen LogP contribution < -0.4 is 5.56 Å². The van der Waals surface area contributed by atoms with Crippen molar-refractivity contribution in [3.63, 3.8) is 0 Å². The molecule has 0 amide bonds. The van der Waals surface area contributed by atoms with Gasteiger partial charge >= 0.3 is 5.97 Å². The van der Waals surface area contributed by atoms with Crippen LogP contribution in [0, 0.1) is 0 Å². The number of ether oxygens (including phenoxy) is 1. The van der Waals surface area contributed by atoms with Crippen molar-refractivity contribution in [2.45, 2.75) is 13.3 Å². The summed E-state index contributed by atoms with van der Waals surface area (Å²) in [5, 5.41) is 10.9. The molecule has 0 bridgehead atoms. The minimum atomic E-state index is -0.841. The van der Waals surface area contributed by atoms with E-state index in [2.05, 4.69) is 4.74 Å². The Morgan fingerprint density at radius 2 is 1.67 bits per heavy atom. The lowest BCUT2D eigenvalue weighted by atomic mass is 10.0. The van der Waals surface area contributed by atoms with E-state index in [9.17, 15) is 24.3 Å². The number of benzene rings is 2. The summed E-state index contributed by atoms with van der Waals surface area (Å²) in [4.78, 5) is 49.3. The lowest BCUT2D eigenvalue weighted by Gasteiger charge is -2.14. The Hall–Kier alpha value is -4.00. The van der Waals surface area contributed by atoms with Gasteiger partial charge in [0.05, 0.1) is 18.5 Å². The lowest BCUT2D eigenvalue weighted by molar-refractivity contribution is -0.137. The van der Waals surface area contributed by atoms with Gasteiger partial charge in [-0.2, -0.15) is 0 Å². The molecule has 0 saturated carbocycles. The molecular formula is C23H19NO6. The van der Waals surface area contributed by atoms with E-state index >= 15 is 0 Å². The lowest BCUT2D eigenvalue weighted by Crippen LogP contribution is -2.26. The molecule has 1 heterocycles. The first-order valence-electron chi connectivity index (χ1n) is 9.27. The minimum absolute atomic E-state index is 0.153. The van der Waals surface area contributed by atoms with Gasteiger partial charge in [-0.05, 0) is 37.3 Å². The maximum atomic E-state index is 13.2. The first-order chi connectivity index (χ1) is 14.4. The average molecular weight is 405 g/mol. The molecular weight excluding hydrogens is 386 g/mol. The zero-order valence-corrected chi connectivity index (χ0v) is 16.2. The van der Waals surface area contributed by atoms with Gasteiger partial charge in [0.15, 0.2) is 11.6 Å². The first-order valence-corrected chi connectivity index (χ1v) is 9.27. The number of nitrogens with zero attached hydrogens (tertiary/aromatic N) is 1. The first kappa shape index (κ1) is 20.7. The van der Waals surface area contributed by atoms with Crippen LogP contribution in [0.15, 0.2) is 71.5 Å². The summed E-state index contributed by atoms with van der Waals surface area (Å²) >= 11 is 0. The number of ketones is 2. The third-order valence-corrected chi connectivity index (χ3v) is 4.37. The number of para-hydroxylation sites is 2. The summed E-state index contributed by atoms with van der Waals surface area (Å²) in [5.41, 5.74) is -0.266. The second-order valence-corrected chi connectivity index (χ2v) is 6.37. The molecule has 1 aromatic heterocycles. The molecule has 0 aliphatic carbocycles. The maximum Gasteiger partial charge on any atom is 0.330 e. The SMILES string of the molecule is CCOC(=O)/C=C/C(=O)CC(=O)c1c(O)c2ccccc2n(-c2ccccc2)c1=O. The van der Waals surface area contributed by atoms with Crippen molar-refractivity contribution in [1.29, 1.82) is 0 Å². The number of hydrogen-bond acceptors (Lipinski definition) is 6. The highest BCUT2D eigenvalue weighted by atomic mass is 16.5. The molecule has 0 unspecified atom stereocenters. The normalized spacial score (nSPS) is 11.0. The van der Waals surface area contributed by atoms with Crippen LogP contribution >= 0.6 is 0 Å². The van der Waals surface area contributed by atoms with Gasteiger partial charge in [-0.15, -0.1) is 0 Å². The summed E-state index contributed by atoms with van der Waals surface area (Å²) in [5.74, 6) is -2.72. The number of fused-ring (bicyclic) bond motifs is 1. The number of pyridine rings is 1. The number of esters is 1. The van der Waals surface area contributed by atoms with E-state index in [1.807, 2.05) is 0 Å². The van der Waals surface area contributed by atoms with Crippen LogP contribution in [0.5, 0.6) is 5.75 Å². The molecule has 0 fully saturated rings. The van der Waals surface area contributed by atoms with Crippen molar-refractivity contribution < 1.29 is 24.2 Å². The van der Waals surface area contributed by atoms with Crippen LogP contribution in [-0.4, -0.2) is 33.8 Å². The van der Waals surface area contributed by atoms with Crippen LogP contribution in [0.25, 0.3) is 16.6 Å². The molecule has 1 N–H and O–H groups in total. The van der Waals surface area contributed by atoms with Crippen LogP contribution in [0.2, 0.25) is 0 Å². The van der Waals surface area contributed by atoms with E-state index in [4.69, 9.17) is 0 Å². The fourth-order valence-corrected chi connectivity index (χ4v) is 3.07. The van der Waals surface area contributed by atoms with Gasteiger partial charge in [0.2, 0.25) is 0 Å². The molecule has 0 aliphatic heterocycles. The van der Waals surface area contributed by atoms with E-state index in [1.54, 1.807) is 61.5 Å². The summed E-state index contributed by atoms with van der Waals surface area (Å²) in [6, 6.07) is 15.3. The fourth-order valence-electron chi connectivity index (χ4n) is 3.07. The smallest absolute Gasteiger partial charge is 0.330 e. The van der Waals surface area contributed by atoms with E-state index in [-0.39, 0.29) is 6.61 Å². The highest BCUT2D eigenvalue weighted by Crippen LogP contribution is 2.28. The Labute approximate surface area is 171 Å². The Kier molecular flexibility index (Phi) is 6.22. The number of hydrogen-bond donors (Lipinski definition) is 1. The molecule has 3 rings (SSSR count). The number of aromatic nitrogens is 1. The Bertz CT molecular complexity index is 1210. The van der Waals surface area contributed by atoms with Gasteiger partial charge in [0.1, 0.15) is 11.3 Å². The predicted octanol–water partition coefficient (Wildman–Crippen LogP) is 2.96. The zero-order valence-electron chi connectivity index (χ0n) is 16.2. The van der Waals surface area contributed by atoms with Gasteiger partial charge in [-0.3, -0.25) is 19.0 Å². The number of rotatable bonds is 7. The molecule has 152 valence electrons. The molecule has 0 atom stereocenters. The molecule has 0 aliphatic rings. The fraction of sp³-hybridized carbons (Fsp3) is 0.130. The summed E-state index contributed by atoms with van der Waals surface area (Å²) in [6.45, 7) is 1.78. The standard InChI is InChI=1S/C23H19NO6/c1-2-30-20(27)13-12-16(25)14-19(26)21-22(28)17-10-6-7-11-18(17)24(23(21)29)15-8-4-3-5-9-15/h3-13,28H,2,14H2,1H3/b13-12+. The summed E-state index contributed by atoms with van der Waals surface area (Å²) in [6.07, 6.45) is 1.16. The van der Waals surface area contributed by atoms with E-state index in [1.165, 1.54) is 4.57 Å². The number of aromatic hydroxyl groups is 1. The van der Waals surface area contributed by atoms with E-state index < -0.39 is 40.8 Å². The number of carbonyl (C=O) groups is 3. The van der Waals surface area contributed by atoms with Crippen LogP contribution in [0.4, 0.5) is 0 Å². The molecule has 0 radical (unpaired) electrons. The monoisotopic (exact) mass is 405 g/mol. The summed E-state index contributed by atoms with van der Waals surface area (Å²) < 4.78 is 6.00. The Morgan fingerprint density at radius 3 is 2.37 bits per heavy atom. The number of allylic oxidation sites excluding steroid dienone is 1. The van der Waals surface area contributed by atoms with Crippen molar-refractivity contribution in [3.8, 4) is 11.4 Å². The molecule has 7 heteroatoms. The summed E-state index contributed by atoms with van der Waals surface area (Å²) in [7, 11) is 0. The van der Waals surface area contributed by atoms with Gasteiger partial charge in [0.25, 0.3) is 5.56 Å². The topological polar surface area (TPSA) is 103 Å². The van der Waals surface area contributed by atoms with Crippen molar-refractivity contribution in [1.82, 2.24) is 4.57 Å². The van der Waals surface area contributed by atoms with Crippen molar-refractivity contribution in [2.75, 3.05) is 6.61 Å². The molecule has 7 nitrogen and oxygen atoms in total. The highest BCUT2D eigenvalue weighted by molar-refractivity contribution is 6.14. The molecule has 0 saturated heterocycles. The van der Waals surface area contributed by atoms with Crippen LogP contribution in [0.3, 0.4) is 0 Å². The predicted molar refractivity (Wildman–Crippen MR) is 111 cm³/mol.